The number of ether oxygens (including phenoxy) is 2. The first kappa shape index (κ1) is 21.4. The van der Waals surface area contributed by atoms with Crippen molar-refractivity contribution >= 4 is 5.91 Å². The van der Waals surface area contributed by atoms with Crippen LogP contribution in [0.1, 0.15) is 66.3 Å². The van der Waals surface area contributed by atoms with E-state index in [1.54, 1.807) is 18.5 Å². The third-order valence-corrected chi connectivity index (χ3v) is 6.25. The average Bonchev–Trinajstić information content (AvgIpc) is 3.59. The van der Waals surface area contributed by atoms with Crippen molar-refractivity contribution < 1.29 is 14.3 Å². The Morgan fingerprint density at radius 1 is 1.09 bits per heavy atom. The van der Waals surface area contributed by atoms with Gasteiger partial charge in [0, 0.05) is 43.0 Å². The van der Waals surface area contributed by atoms with E-state index in [1.807, 2.05) is 42.4 Å². The maximum Gasteiger partial charge on any atom is 0.254 e. The molecule has 1 aromatic carbocycles. The van der Waals surface area contributed by atoms with Crippen molar-refractivity contribution in [2.45, 2.75) is 51.2 Å². The van der Waals surface area contributed by atoms with Crippen LogP contribution in [0.4, 0.5) is 0 Å². The Hall–Kier alpha value is -3.42. The smallest absolute Gasteiger partial charge is 0.254 e. The number of aromatic nitrogens is 4. The van der Waals surface area contributed by atoms with Crippen molar-refractivity contribution in [3.8, 4) is 11.5 Å². The van der Waals surface area contributed by atoms with E-state index in [-0.39, 0.29) is 11.8 Å². The monoisotopic (exact) mass is 447 g/mol. The summed E-state index contributed by atoms with van der Waals surface area (Å²) < 4.78 is 14.0. The second-order valence-corrected chi connectivity index (χ2v) is 8.66. The molecular formula is C25H29N5O3. The van der Waals surface area contributed by atoms with Gasteiger partial charge in [-0.05, 0) is 68.5 Å². The summed E-state index contributed by atoms with van der Waals surface area (Å²) >= 11 is 0. The van der Waals surface area contributed by atoms with E-state index in [0.717, 1.165) is 30.8 Å². The minimum Gasteiger partial charge on any atom is -0.490 e. The highest BCUT2D eigenvalue weighted by atomic mass is 16.5. The predicted molar refractivity (Wildman–Crippen MR) is 122 cm³/mol. The van der Waals surface area contributed by atoms with E-state index in [1.165, 1.54) is 12.8 Å². The van der Waals surface area contributed by atoms with Gasteiger partial charge in [-0.25, -0.2) is 0 Å². The molecule has 2 aromatic heterocycles. The van der Waals surface area contributed by atoms with E-state index < -0.39 is 0 Å². The van der Waals surface area contributed by atoms with Crippen molar-refractivity contribution in [3.05, 3.63) is 66.0 Å². The van der Waals surface area contributed by atoms with Gasteiger partial charge < -0.3 is 18.9 Å². The SMILES string of the molecule is CCOc1cc(C(=O)N2CCCC(c3nncn3C3CC3)C2)ccc1OCc1ccncc1. The van der Waals surface area contributed by atoms with Crippen LogP contribution < -0.4 is 9.47 Å². The van der Waals surface area contributed by atoms with Crippen molar-refractivity contribution in [2.24, 2.45) is 0 Å². The van der Waals surface area contributed by atoms with Crippen LogP contribution in [0, 0.1) is 0 Å². The molecule has 1 saturated heterocycles. The number of carbonyl (C=O) groups excluding carboxylic acids is 1. The van der Waals surface area contributed by atoms with Crippen LogP contribution in [-0.4, -0.2) is 50.3 Å². The van der Waals surface area contributed by atoms with Gasteiger partial charge in [-0.1, -0.05) is 0 Å². The molecule has 8 nitrogen and oxygen atoms in total. The van der Waals surface area contributed by atoms with Gasteiger partial charge in [-0.15, -0.1) is 10.2 Å². The van der Waals surface area contributed by atoms with Gasteiger partial charge in [0.25, 0.3) is 5.91 Å². The number of hydrogen-bond donors (Lipinski definition) is 0. The first-order valence-corrected chi connectivity index (χ1v) is 11.7. The van der Waals surface area contributed by atoms with Gasteiger partial charge in [-0.2, -0.15) is 0 Å². The fraction of sp³-hybridized carbons (Fsp3) is 0.440. The van der Waals surface area contributed by atoms with Crippen molar-refractivity contribution in [1.29, 1.82) is 0 Å². The second kappa shape index (κ2) is 9.60. The molecule has 1 saturated carbocycles. The van der Waals surface area contributed by atoms with Crippen molar-refractivity contribution in [2.75, 3.05) is 19.7 Å². The van der Waals surface area contributed by atoms with Gasteiger partial charge in [-0.3, -0.25) is 9.78 Å². The number of carbonyl (C=O) groups is 1. The lowest BCUT2D eigenvalue weighted by molar-refractivity contribution is 0.0702. The molecule has 1 amide bonds. The normalized spacial score (nSPS) is 18.2. The average molecular weight is 448 g/mol. The Morgan fingerprint density at radius 3 is 2.73 bits per heavy atom. The lowest BCUT2D eigenvalue weighted by Crippen LogP contribution is -2.39. The molecule has 33 heavy (non-hydrogen) atoms. The van der Waals surface area contributed by atoms with E-state index in [2.05, 4.69) is 19.7 Å². The molecule has 3 heterocycles. The summed E-state index contributed by atoms with van der Waals surface area (Å²) in [5.41, 5.74) is 1.63. The van der Waals surface area contributed by atoms with Crippen molar-refractivity contribution in [3.63, 3.8) is 0 Å². The lowest BCUT2D eigenvalue weighted by atomic mass is 9.96. The summed E-state index contributed by atoms with van der Waals surface area (Å²) in [6.45, 7) is 4.23. The molecule has 172 valence electrons. The molecule has 3 aromatic rings. The molecular weight excluding hydrogens is 418 g/mol. The summed E-state index contributed by atoms with van der Waals surface area (Å²) in [7, 11) is 0. The zero-order chi connectivity index (χ0) is 22.6. The molecule has 2 fully saturated rings. The van der Waals surface area contributed by atoms with Gasteiger partial charge >= 0.3 is 0 Å². The van der Waals surface area contributed by atoms with Gasteiger partial charge in [0.2, 0.25) is 0 Å². The maximum atomic E-state index is 13.4. The maximum absolute atomic E-state index is 13.4. The first-order chi connectivity index (χ1) is 16.2. The van der Waals surface area contributed by atoms with Crippen LogP contribution in [0.2, 0.25) is 0 Å². The van der Waals surface area contributed by atoms with Gasteiger partial charge in [0.05, 0.1) is 6.61 Å². The number of amides is 1. The molecule has 0 radical (unpaired) electrons. The zero-order valence-corrected chi connectivity index (χ0v) is 18.9. The standard InChI is InChI=1S/C25H29N5O3/c1-2-32-23-14-19(5-8-22(23)33-16-18-9-11-26-12-10-18)25(31)29-13-3-4-20(15-29)24-28-27-17-30(24)21-6-7-21/h5,8-12,14,17,20-21H,2-4,6-7,13,15-16H2,1H3. The molecule has 2 aliphatic rings. The first-order valence-electron chi connectivity index (χ1n) is 11.7. The summed E-state index contributed by atoms with van der Waals surface area (Å²) in [4.78, 5) is 19.3. The van der Waals surface area contributed by atoms with Crippen LogP contribution in [-0.2, 0) is 6.61 Å². The highest BCUT2D eigenvalue weighted by Gasteiger charge is 2.33. The fourth-order valence-electron chi connectivity index (χ4n) is 4.40. The molecule has 0 spiro atoms. The zero-order valence-electron chi connectivity index (χ0n) is 18.9. The minimum absolute atomic E-state index is 0.0128. The Kier molecular flexibility index (Phi) is 6.24. The minimum atomic E-state index is 0.0128. The highest BCUT2D eigenvalue weighted by Crippen LogP contribution is 2.38. The number of piperidine rings is 1. The molecule has 0 bridgehead atoms. The van der Waals surface area contributed by atoms with E-state index in [0.29, 0.717) is 42.9 Å². The molecule has 1 atom stereocenters. The predicted octanol–water partition coefficient (Wildman–Crippen LogP) is 4.01. The van der Waals surface area contributed by atoms with Crippen LogP contribution in [0.25, 0.3) is 0 Å². The molecule has 5 rings (SSSR count). The summed E-state index contributed by atoms with van der Waals surface area (Å²) in [5.74, 6) is 2.46. The quantitative estimate of drug-likeness (QED) is 0.519. The van der Waals surface area contributed by atoms with Gasteiger partial charge in [0.1, 0.15) is 18.8 Å². The van der Waals surface area contributed by atoms with Crippen molar-refractivity contribution in [1.82, 2.24) is 24.6 Å². The number of benzene rings is 1. The topological polar surface area (TPSA) is 82.4 Å². The number of hydrogen-bond acceptors (Lipinski definition) is 6. The summed E-state index contributed by atoms with van der Waals surface area (Å²) in [5, 5.41) is 8.54. The highest BCUT2D eigenvalue weighted by molar-refractivity contribution is 5.95. The van der Waals surface area contributed by atoms with Gasteiger partial charge in [0.15, 0.2) is 11.5 Å². The molecule has 1 aliphatic heterocycles. The second-order valence-electron chi connectivity index (χ2n) is 8.66. The summed E-state index contributed by atoms with van der Waals surface area (Å²) in [6.07, 6.45) is 9.69. The van der Waals surface area contributed by atoms with E-state index in [4.69, 9.17) is 9.47 Å². The van der Waals surface area contributed by atoms with Crippen LogP contribution >= 0.6 is 0 Å². The van der Waals surface area contributed by atoms with Crippen LogP contribution in [0.3, 0.4) is 0 Å². The van der Waals surface area contributed by atoms with Crippen LogP contribution in [0.5, 0.6) is 11.5 Å². The molecule has 1 aliphatic carbocycles. The number of pyridine rings is 1. The number of nitrogens with zero attached hydrogens (tertiary/aromatic N) is 5. The lowest BCUT2D eigenvalue weighted by Gasteiger charge is -2.32. The Bertz CT molecular complexity index is 1100. The summed E-state index contributed by atoms with van der Waals surface area (Å²) in [6, 6.07) is 9.80. The Labute approximate surface area is 193 Å². The van der Waals surface area contributed by atoms with Crippen LogP contribution in [0.15, 0.2) is 49.1 Å². The third kappa shape index (κ3) is 4.84. The number of rotatable bonds is 8. The number of likely N-dealkylation sites (tertiary alicyclic amines) is 1. The molecule has 8 heteroatoms. The Morgan fingerprint density at radius 2 is 1.94 bits per heavy atom. The fourth-order valence-corrected chi connectivity index (χ4v) is 4.40. The molecule has 1 unspecified atom stereocenters. The van der Waals surface area contributed by atoms with E-state index >= 15 is 0 Å². The van der Waals surface area contributed by atoms with E-state index in [9.17, 15) is 4.79 Å². The largest absolute Gasteiger partial charge is 0.490 e. The molecule has 0 N–H and O–H groups in total. The third-order valence-electron chi connectivity index (χ3n) is 6.25. The Balaban J connectivity index is 1.30.